The van der Waals surface area contributed by atoms with Crippen molar-refractivity contribution in [2.24, 2.45) is 11.8 Å². The van der Waals surface area contributed by atoms with Gasteiger partial charge in [0, 0.05) is 12.0 Å². The minimum atomic E-state index is 0.414. The number of hydrogen-bond acceptors (Lipinski definition) is 1. The lowest BCUT2D eigenvalue weighted by Gasteiger charge is -2.34. The van der Waals surface area contributed by atoms with Crippen LogP contribution < -0.4 is 0 Å². The number of ether oxygens (including phenoxy) is 1. The second-order valence-electron chi connectivity index (χ2n) is 5.61. The lowest BCUT2D eigenvalue weighted by atomic mass is 9.76. The Kier molecular flexibility index (Phi) is 4.97. The highest BCUT2D eigenvalue weighted by Gasteiger charge is 2.31. The Morgan fingerprint density at radius 1 is 1.25 bits per heavy atom. The second kappa shape index (κ2) is 6.26. The fourth-order valence-corrected chi connectivity index (χ4v) is 3.74. The summed E-state index contributed by atoms with van der Waals surface area (Å²) < 4.78 is 5.74. The van der Waals surface area contributed by atoms with Gasteiger partial charge in [-0.15, -0.1) is 11.6 Å². The van der Waals surface area contributed by atoms with Gasteiger partial charge in [0.25, 0.3) is 0 Å². The minimum absolute atomic E-state index is 0.414. The third kappa shape index (κ3) is 3.37. The van der Waals surface area contributed by atoms with Crippen molar-refractivity contribution in [3.63, 3.8) is 0 Å². The quantitative estimate of drug-likeness (QED) is 0.667. The molecule has 1 aliphatic heterocycles. The third-order valence-electron chi connectivity index (χ3n) is 4.28. The van der Waals surface area contributed by atoms with Crippen molar-refractivity contribution in [2.75, 3.05) is 6.61 Å². The molecule has 16 heavy (non-hydrogen) atoms. The van der Waals surface area contributed by atoms with E-state index >= 15 is 0 Å². The van der Waals surface area contributed by atoms with Crippen LogP contribution in [-0.4, -0.2) is 18.1 Å². The molecule has 2 aliphatic rings. The number of rotatable bonds is 4. The molecule has 0 N–H and O–H groups in total. The molecule has 2 fully saturated rings. The predicted molar refractivity (Wildman–Crippen MR) is 69.0 cm³/mol. The predicted octanol–water partition coefficient (Wildman–Crippen LogP) is 4.38. The Morgan fingerprint density at radius 3 is 2.81 bits per heavy atom. The molecule has 1 saturated heterocycles. The topological polar surface area (TPSA) is 9.23 Å². The van der Waals surface area contributed by atoms with Gasteiger partial charge in [0.2, 0.25) is 0 Å². The van der Waals surface area contributed by atoms with Crippen molar-refractivity contribution in [2.45, 2.75) is 69.8 Å². The van der Waals surface area contributed by atoms with Crippen LogP contribution in [0.2, 0.25) is 0 Å². The van der Waals surface area contributed by atoms with E-state index in [1.807, 2.05) is 0 Å². The van der Waals surface area contributed by atoms with Crippen LogP contribution in [0, 0.1) is 11.8 Å². The van der Waals surface area contributed by atoms with Gasteiger partial charge in [0.1, 0.15) is 0 Å². The molecule has 0 radical (unpaired) electrons. The summed E-state index contributed by atoms with van der Waals surface area (Å²) >= 11 is 6.47. The van der Waals surface area contributed by atoms with E-state index in [9.17, 15) is 0 Å². The molecule has 0 bridgehead atoms. The Hall–Kier alpha value is 0.250. The van der Waals surface area contributed by atoms with Gasteiger partial charge in [-0.3, -0.25) is 0 Å². The molecule has 4 unspecified atom stereocenters. The van der Waals surface area contributed by atoms with Crippen molar-refractivity contribution in [1.82, 2.24) is 0 Å². The summed E-state index contributed by atoms with van der Waals surface area (Å²) in [5.74, 6) is 1.65. The summed E-state index contributed by atoms with van der Waals surface area (Å²) in [6, 6.07) is 0. The number of halogens is 1. The van der Waals surface area contributed by atoms with E-state index in [0.717, 1.165) is 18.4 Å². The molecule has 1 aliphatic carbocycles. The highest BCUT2D eigenvalue weighted by Crippen LogP contribution is 2.38. The molecule has 0 aromatic carbocycles. The second-order valence-corrected chi connectivity index (χ2v) is 6.18. The average Bonchev–Trinajstić information content (AvgIpc) is 2.76. The zero-order valence-electron chi connectivity index (χ0n) is 10.5. The summed E-state index contributed by atoms with van der Waals surface area (Å²) in [7, 11) is 0. The maximum absolute atomic E-state index is 6.47. The van der Waals surface area contributed by atoms with E-state index < -0.39 is 0 Å². The molecule has 0 aromatic rings. The van der Waals surface area contributed by atoms with E-state index in [-0.39, 0.29) is 0 Å². The van der Waals surface area contributed by atoms with Crippen molar-refractivity contribution >= 4 is 11.6 Å². The molecule has 2 rings (SSSR count). The molecule has 1 nitrogen and oxygen atoms in total. The summed E-state index contributed by atoms with van der Waals surface area (Å²) in [4.78, 5) is 0. The molecule has 0 spiro atoms. The van der Waals surface area contributed by atoms with Crippen LogP contribution >= 0.6 is 11.6 Å². The van der Waals surface area contributed by atoms with E-state index in [1.165, 1.54) is 51.4 Å². The highest BCUT2D eigenvalue weighted by atomic mass is 35.5. The van der Waals surface area contributed by atoms with Crippen molar-refractivity contribution in [3.8, 4) is 0 Å². The van der Waals surface area contributed by atoms with E-state index in [2.05, 4.69) is 6.92 Å². The fourth-order valence-electron chi connectivity index (χ4n) is 3.41. The number of alkyl halides is 1. The van der Waals surface area contributed by atoms with Gasteiger partial charge in [-0.1, -0.05) is 19.8 Å². The van der Waals surface area contributed by atoms with Crippen LogP contribution in [-0.2, 0) is 4.74 Å². The lowest BCUT2D eigenvalue weighted by molar-refractivity contribution is 0.0779. The summed E-state index contributed by atoms with van der Waals surface area (Å²) in [5, 5.41) is 0.414. The molecule has 94 valence electrons. The van der Waals surface area contributed by atoms with Gasteiger partial charge in [-0.05, 0) is 50.4 Å². The standard InChI is InChI=1S/C14H25ClO/c1-2-4-11-6-7-14(15)12(9-11)10-13-5-3-8-16-13/h11-14H,2-10H2,1H3. The Labute approximate surface area is 105 Å². The summed E-state index contributed by atoms with van der Waals surface area (Å²) in [6.07, 6.45) is 10.9. The van der Waals surface area contributed by atoms with Crippen molar-refractivity contribution in [1.29, 1.82) is 0 Å². The molecule has 1 heterocycles. The van der Waals surface area contributed by atoms with Crippen LogP contribution in [0.5, 0.6) is 0 Å². The van der Waals surface area contributed by atoms with Gasteiger partial charge in [-0.25, -0.2) is 0 Å². The monoisotopic (exact) mass is 244 g/mol. The molecule has 0 amide bonds. The minimum Gasteiger partial charge on any atom is -0.378 e. The summed E-state index contributed by atoms with van der Waals surface area (Å²) in [5.41, 5.74) is 0. The molecule has 0 aromatic heterocycles. The van der Waals surface area contributed by atoms with Gasteiger partial charge in [0.05, 0.1) is 6.10 Å². The first-order valence-electron chi connectivity index (χ1n) is 7.05. The Balaban J connectivity index is 1.80. The zero-order valence-corrected chi connectivity index (χ0v) is 11.2. The highest BCUT2D eigenvalue weighted by molar-refractivity contribution is 6.20. The van der Waals surface area contributed by atoms with Crippen LogP contribution in [0.25, 0.3) is 0 Å². The van der Waals surface area contributed by atoms with E-state index in [4.69, 9.17) is 16.3 Å². The molecule has 4 atom stereocenters. The first-order valence-corrected chi connectivity index (χ1v) is 7.49. The number of hydrogen-bond donors (Lipinski definition) is 0. The van der Waals surface area contributed by atoms with E-state index in [0.29, 0.717) is 11.5 Å². The van der Waals surface area contributed by atoms with Crippen LogP contribution in [0.15, 0.2) is 0 Å². The van der Waals surface area contributed by atoms with Gasteiger partial charge < -0.3 is 4.74 Å². The largest absolute Gasteiger partial charge is 0.378 e. The molecule has 1 saturated carbocycles. The Bertz CT molecular complexity index is 201. The van der Waals surface area contributed by atoms with Crippen molar-refractivity contribution < 1.29 is 4.74 Å². The Morgan fingerprint density at radius 2 is 2.12 bits per heavy atom. The van der Waals surface area contributed by atoms with Crippen molar-refractivity contribution in [3.05, 3.63) is 0 Å². The zero-order chi connectivity index (χ0) is 11.4. The molecular formula is C14H25ClO. The van der Waals surface area contributed by atoms with Crippen LogP contribution in [0.1, 0.15) is 58.3 Å². The molecule has 2 heteroatoms. The van der Waals surface area contributed by atoms with Crippen LogP contribution in [0.3, 0.4) is 0 Å². The van der Waals surface area contributed by atoms with E-state index in [1.54, 1.807) is 0 Å². The summed E-state index contributed by atoms with van der Waals surface area (Å²) in [6.45, 7) is 3.27. The first-order chi connectivity index (χ1) is 7.79. The third-order valence-corrected chi connectivity index (χ3v) is 4.86. The normalized spacial score (nSPS) is 40.1. The smallest absolute Gasteiger partial charge is 0.0579 e. The van der Waals surface area contributed by atoms with Gasteiger partial charge >= 0.3 is 0 Å². The first kappa shape index (κ1) is 12.7. The maximum atomic E-state index is 6.47. The lowest BCUT2D eigenvalue weighted by Crippen LogP contribution is -2.28. The SMILES string of the molecule is CCCC1CCC(Cl)C(CC2CCCO2)C1. The molecular weight excluding hydrogens is 220 g/mol. The van der Waals surface area contributed by atoms with Gasteiger partial charge in [0.15, 0.2) is 0 Å². The fraction of sp³-hybridized carbons (Fsp3) is 1.00. The maximum Gasteiger partial charge on any atom is 0.0579 e. The average molecular weight is 245 g/mol. The van der Waals surface area contributed by atoms with Crippen LogP contribution in [0.4, 0.5) is 0 Å². The van der Waals surface area contributed by atoms with Gasteiger partial charge in [-0.2, -0.15) is 0 Å².